The van der Waals surface area contributed by atoms with Gasteiger partial charge in [-0.05, 0) is 68.6 Å². The van der Waals surface area contributed by atoms with E-state index in [4.69, 9.17) is 28.4 Å². The van der Waals surface area contributed by atoms with Crippen LogP contribution in [0.1, 0.15) is 89.7 Å². The van der Waals surface area contributed by atoms with Crippen LogP contribution in [0.2, 0.25) is 0 Å². The first kappa shape index (κ1) is 35.4. The van der Waals surface area contributed by atoms with Gasteiger partial charge in [-0.15, -0.1) is 0 Å². The third-order valence-corrected chi connectivity index (χ3v) is 9.74. The van der Waals surface area contributed by atoms with Gasteiger partial charge in [0.1, 0.15) is 12.7 Å². The summed E-state index contributed by atoms with van der Waals surface area (Å²) in [4.78, 5) is 38.9. The largest absolute Gasteiger partial charge is 0.464 e. The Morgan fingerprint density at radius 3 is 1.96 bits per heavy atom. The third kappa shape index (κ3) is 7.26. The molecule has 1 aromatic rings. The van der Waals surface area contributed by atoms with Crippen molar-refractivity contribution in [1.29, 1.82) is 0 Å². The zero-order chi connectivity index (χ0) is 34.7. The summed E-state index contributed by atoms with van der Waals surface area (Å²) in [5.41, 5.74) is -4.85. The van der Waals surface area contributed by atoms with Crippen LogP contribution in [0.15, 0.2) is 18.2 Å². The Balaban J connectivity index is 1.20. The summed E-state index contributed by atoms with van der Waals surface area (Å²) in [6.07, 6.45) is -15.1. The average Bonchev–Trinajstić information content (AvgIpc) is 3.64. The minimum absolute atomic E-state index is 0.0212. The zero-order valence-corrected chi connectivity index (χ0v) is 26.5. The SMILES string of the molecule is CCC(C)(COC(=O)C1CCC(C(C)(C)C)CC1)C(=O)OC1C(=O)OC2C3OC(c4cc(C(F)(F)F)cc(C(F)(F)F)c4)OC3OC12. The van der Waals surface area contributed by atoms with E-state index in [1.54, 1.807) is 6.92 Å². The summed E-state index contributed by atoms with van der Waals surface area (Å²) >= 11 is 0. The second-order valence-electron chi connectivity index (χ2n) is 14.0. The van der Waals surface area contributed by atoms with Gasteiger partial charge in [-0.2, -0.15) is 26.3 Å². The van der Waals surface area contributed by atoms with E-state index in [1.807, 2.05) is 0 Å². The molecule has 7 unspecified atom stereocenters. The molecule has 1 saturated carbocycles. The van der Waals surface area contributed by atoms with E-state index >= 15 is 0 Å². The smallest absolute Gasteiger partial charge is 0.416 e. The monoisotopic (exact) mass is 680 g/mol. The third-order valence-electron chi connectivity index (χ3n) is 9.74. The van der Waals surface area contributed by atoms with Crippen molar-refractivity contribution >= 4 is 17.9 Å². The van der Waals surface area contributed by atoms with E-state index in [9.17, 15) is 40.7 Å². The molecule has 3 aliphatic heterocycles. The zero-order valence-electron chi connectivity index (χ0n) is 26.5. The van der Waals surface area contributed by atoms with Crippen LogP contribution in [0.4, 0.5) is 26.3 Å². The molecule has 0 aromatic heterocycles. The van der Waals surface area contributed by atoms with Gasteiger partial charge in [0, 0.05) is 5.56 Å². The predicted octanol–water partition coefficient (Wildman–Crippen LogP) is 6.51. The van der Waals surface area contributed by atoms with Crippen LogP contribution in [0, 0.1) is 22.7 Å². The number of hydrogen-bond acceptors (Lipinski definition) is 9. The molecule has 5 rings (SSSR count). The van der Waals surface area contributed by atoms with Crippen molar-refractivity contribution in [3.8, 4) is 0 Å². The predicted molar refractivity (Wildman–Crippen MR) is 148 cm³/mol. The molecule has 3 saturated heterocycles. The second kappa shape index (κ2) is 12.5. The van der Waals surface area contributed by atoms with E-state index < -0.39 is 89.4 Å². The van der Waals surface area contributed by atoms with Crippen LogP contribution in [0.5, 0.6) is 0 Å². The number of halogens is 6. The van der Waals surface area contributed by atoms with Crippen molar-refractivity contribution in [2.45, 2.75) is 116 Å². The normalized spacial score (nSPS) is 32.3. The fraction of sp³-hybridized carbons (Fsp3) is 0.719. The van der Waals surface area contributed by atoms with Crippen molar-refractivity contribution in [3.05, 3.63) is 34.9 Å². The summed E-state index contributed by atoms with van der Waals surface area (Å²) in [7, 11) is 0. The average molecular weight is 681 g/mol. The topological polar surface area (TPSA) is 107 Å². The second-order valence-corrected chi connectivity index (χ2v) is 14.0. The molecule has 9 nitrogen and oxygen atoms in total. The van der Waals surface area contributed by atoms with Gasteiger partial charge < -0.3 is 28.4 Å². The number of hydrogen-bond donors (Lipinski definition) is 0. The highest BCUT2D eigenvalue weighted by molar-refractivity contribution is 5.84. The van der Waals surface area contributed by atoms with Crippen LogP contribution < -0.4 is 0 Å². The van der Waals surface area contributed by atoms with Crippen molar-refractivity contribution in [3.63, 3.8) is 0 Å². The number of ether oxygens (including phenoxy) is 6. The van der Waals surface area contributed by atoms with Gasteiger partial charge in [0.15, 0.2) is 24.8 Å². The molecule has 0 radical (unpaired) electrons. The molecule has 15 heteroatoms. The molecule has 7 atom stereocenters. The first-order valence-electron chi connectivity index (χ1n) is 15.6. The van der Waals surface area contributed by atoms with Crippen LogP contribution >= 0.6 is 0 Å². The molecule has 0 N–H and O–H groups in total. The first-order chi connectivity index (χ1) is 21.7. The van der Waals surface area contributed by atoms with Gasteiger partial charge in [0.2, 0.25) is 6.10 Å². The highest BCUT2D eigenvalue weighted by Gasteiger charge is 2.63. The summed E-state index contributed by atoms with van der Waals surface area (Å²) in [5, 5.41) is 0. The lowest BCUT2D eigenvalue weighted by atomic mass is 9.70. The number of benzene rings is 1. The van der Waals surface area contributed by atoms with Gasteiger partial charge in [0.25, 0.3) is 0 Å². The molecule has 1 aromatic carbocycles. The lowest BCUT2D eigenvalue weighted by molar-refractivity contribution is -0.191. The summed E-state index contributed by atoms with van der Waals surface area (Å²) < 4.78 is 113. The fourth-order valence-corrected chi connectivity index (χ4v) is 6.41. The lowest BCUT2D eigenvalue weighted by Crippen LogP contribution is -2.42. The van der Waals surface area contributed by atoms with E-state index in [0.29, 0.717) is 30.9 Å². The van der Waals surface area contributed by atoms with Gasteiger partial charge in [0.05, 0.1) is 22.5 Å². The highest BCUT2D eigenvalue weighted by atomic mass is 19.4. The van der Waals surface area contributed by atoms with E-state index in [2.05, 4.69) is 20.8 Å². The number of alkyl halides is 6. The van der Waals surface area contributed by atoms with Crippen LogP contribution in [0.25, 0.3) is 0 Å². The van der Waals surface area contributed by atoms with Crippen LogP contribution in [-0.2, 0) is 55.2 Å². The van der Waals surface area contributed by atoms with Gasteiger partial charge in [-0.3, -0.25) is 9.59 Å². The Bertz CT molecular complexity index is 1330. The van der Waals surface area contributed by atoms with E-state index in [0.717, 1.165) is 12.8 Å². The van der Waals surface area contributed by atoms with E-state index in [1.165, 1.54) is 6.92 Å². The molecule has 0 spiro atoms. The number of fused-ring (bicyclic) bond motifs is 3. The van der Waals surface area contributed by atoms with Gasteiger partial charge in [-0.1, -0.05) is 27.7 Å². The minimum atomic E-state index is -5.08. The standard InChI is InChI=1S/C32H38F6O9/c1-6-30(5,14-42-24(39)15-7-9-17(10-8-15)29(2,3)4)28(41)46-22-20-21(43-25(22)40)23-27(44-20)47-26(45-23)16-11-18(31(33,34)35)13-19(12-16)32(36,37)38/h11-13,15,17,20-23,26-27H,6-10,14H2,1-5H3. The first-order valence-corrected chi connectivity index (χ1v) is 15.6. The number of rotatable bonds is 7. The molecule has 3 heterocycles. The van der Waals surface area contributed by atoms with Crippen molar-refractivity contribution in [2.24, 2.45) is 22.7 Å². The molecular formula is C32H38F6O9. The van der Waals surface area contributed by atoms with Crippen molar-refractivity contribution in [2.75, 3.05) is 6.61 Å². The van der Waals surface area contributed by atoms with Crippen LogP contribution in [0.3, 0.4) is 0 Å². The quantitative estimate of drug-likeness (QED) is 0.181. The molecular weight excluding hydrogens is 642 g/mol. The van der Waals surface area contributed by atoms with E-state index in [-0.39, 0.29) is 30.4 Å². The van der Waals surface area contributed by atoms with Gasteiger partial charge >= 0.3 is 30.3 Å². The maximum atomic E-state index is 13.4. The number of carbonyl (C=O) groups excluding carboxylic acids is 3. The molecule has 0 bridgehead atoms. The summed E-state index contributed by atoms with van der Waals surface area (Å²) in [5.74, 6) is -2.01. The Hall–Kier alpha value is -2.91. The molecule has 1 aliphatic carbocycles. The molecule has 0 amide bonds. The number of carbonyl (C=O) groups is 3. The highest BCUT2D eigenvalue weighted by Crippen LogP contribution is 2.46. The van der Waals surface area contributed by atoms with Crippen molar-refractivity contribution in [1.82, 2.24) is 0 Å². The molecule has 262 valence electrons. The Morgan fingerprint density at radius 1 is 0.830 bits per heavy atom. The maximum Gasteiger partial charge on any atom is 0.416 e. The fourth-order valence-electron chi connectivity index (χ4n) is 6.41. The molecule has 4 aliphatic rings. The number of esters is 3. The molecule has 4 fully saturated rings. The lowest BCUT2D eigenvalue weighted by Gasteiger charge is -2.36. The van der Waals surface area contributed by atoms with Gasteiger partial charge in [-0.25, -0.2) is 4.79 Å². The summed E-state index contributed by atoms with van der Waals surface area (Å²) in [6.45, 7) is 9.46. The Morgan fingerprint density at radius 2 is 1.43 bits per heavy atom. The Labute approximate surface area is 267 Å². The summed E-state index contributed by atoms with van der Waals surface area (Å²) in [6, 6.07) is 0.921. The maximum absolute atomic E-state index is 13.4. The minimum Gasteiger partial charge on any atom is -0.464 e. The van der Waals surface area contributed by atoms with Crippen molar-refractivity contribution < 1.29 is 69.1 Å². The molecule has 47 heavy (non-hydrogen) atoms. The van der Waals surface area contributed by atoms with Crippen LogP contribution in [-0.4, -0.2) is 55.2 Å². The Kier molecular flexibility index (Phi) is 9.43.